The number of halogens is 2. The highest BCUT2D eigenvalue weighted by molar-refractivity contribution is 5.94. The van der Waals surface area contributed by atoms with Crippen molar-refractivity contribution in [2.24, 2.45) is 0 Å². The monoisotopic (exact) mass is 277 g/mol. The van der Waals surface area contributed by atoms with Crippen LogP contribution in [0, 0.1) is 11.6 Å². The van der Waals surface area contributed by atoms with Gasteiger partial charge < -0.3 is 10.4 Å². The molecule has 1 amide bonds. The normalized spacial score (nSPS) is 10.3. The Bertz CT molecular complexity index is 629. The molecule has 5 heteroatoms. The molecule has 0 fully saturated rings. The van der Waals surface area contributed by atoms with Crippen molar-refractivity contribution in [3.8, 4) is 5.75 Å². The van der Waals surface area contributed by atoms with E-state index in [1.807, 2.05) is 0 Å². The van der Waals surface area contributed by atoms with Crippen LogP contribution >= 0.6 is 0 Å². The highest BCUT2D eigenvalue weighted by Gasteiger charge is 2.07. The summed E-state index contributed by atoms with van der Waals surface area (Å²) in [7, 11) is 0. The van der Waals surface area contributed by atoms with Crippen LogP contribution in [0.3, 0.4) is 0 Å². The number of hydrogen-bond acceptors (Lipinski definition) is 2. The minimum absolute atomic E-state index is 0.00206. The molecule has 2 N–H and O–H groups in total. The molecule has 0 aliphatic rings. The number of amides is 1. The molecule has 0 spiro atoms. The fourth-order valence-corrected chi connectivity index (χ4v) is 1.78. The van der Waals surface area contributed by atoms with E-state index in [9.17, 15) is 18.7 Å². The Morgan fingerprint density at radius 3 is 2.65 bits per heavy atom. The van der Waals surface area contributed by atoms with Gasteiger partial charge in [0.2, 0.25) is 0 Å². The van der Waals surface area contributed by atoms with Gasteiger partial charge in [0, 0.05) is 18.2 Å². The Labute approximate surface area is 114 Å². The first-order chi connectivity index (χ1) is 9.56. The molecule has 0 bridgehead atoms. The van der Waals surface area contributed by atoms with Gasteiger partial charge in [0.1, 0.15) is 17.4 Å². The molecule has 2 aromatic carbocycles. The van der Waals surface area contributed by atoms with Crippen LogP contribution in [-0.4, -0.2) is 17.6 Å². The Hall–Kier alpha value is -2.43. The number of phenolic OH excluding ortho intramolecular Hbond substituents is 1. The van der Waals surface area contributed by atoms with Crippen molar-refractivity contribution in [2.45, 2.75) is 6.42 Å². The van der Waals surface area contributed by atoms with Crippen molar-refractivity contribution in [3.05, 3.63) is 65.2 Å². The number of hydrogen-bond donors (Lipinski definition) is 2. The first kappa shape index (κ1) is 14.0. The first-order valence-corrected chi connectivity index (χ1v) is 6.07. The largest absolute Gasteiger partial charge is 0.508 e. The average Bonchev–Trinajstić information content (AvgIpc) is 2.41. The maximum atomic E-state index is 13.4. The van der Waals surface area contributed by atoms with E-state index in [0.717, 1.165) is 6.07 Å². The molecule has 0 atom stereocenters. The number of phenols is 1. The Morgan fingerprint density at radius 2 is 1.95 bits per heavy atom. The summed E-state index contributed by atoms with van der Waals surface area (Å²) in [6.45, 7) is 0.219. The van der Waals surface area contributed by atoms with Crippen molar-refractivity contribution in [1.82, 2.24) is 5.32 Å². The lowest BCUT2D eigenvalue weighted by atomic mass is 10.1. The molecule has 0 aromatic heterocycles. The Morgan fingerprint density at radius 1 is 1.15 bits per heavy atom. The zero-order valence-electron chi connectivity index (χ0n) is 10.6. The van der Waals surface area contributed by atoms with Gasteiger partial charge in [0.05, 0.1) is 0 Å². The van der Waals surface area contributed by atoms with Gasteiger partial charge >= 0.3 is 0 Å². The molecule has 3 nitrogen and oxygen atoms in total. The van der Waals surface area contributed by atoms with Gasteiger partial charge in [-0.2, -0.15) is 0 Å². The van der Waals surface area contributed by atoms with E-state index in [2.05, 4.69) is 5.32 Å². The summed E-state index contributed by atoms with van der Waals surface area (Å²) in [5.74, 6) is -1.61. The molecule has 2 rings (SSSR count). The lowest BCUT2D eigenvalue weighted by Gasteiger charge is -2.06. The van der Waals surface area contributed by atoms with Crippen LogP contribution in [0.5, 0.6) is 5.75 Å². The number of rotatable bonds is 4. The maximum Gasteiger partial charge on any atom is 0.251 e. The molecular weight excluding hydrogens is 264 g/mol. The van der Waals surface area contributed by atoms with E-state index in [4.69, 9.17) is 0 Å². The van der Waals surface area contributed by atoms with Crippen LogP contribution in [0.25, 0.3) is 0 Å². The minimum atomic E-state index is -0.630. The second-order valence-corrected chi connectivity index (χ2v) is 4.29. The summed E-state index contributed by atoms with van der Waals surface area (Å²) in [6.07, 6.45) is 0.261. The SMILES string of the molecule is O=C(NCCc1ccc(F)cc1F)c1cccc(O)c1. The summed E-state index contributed by atoms with van der Waals surface area (Å²) in [4.78, 5) is 11.8. The van der Waals surface area contributed by atoms with Gasteiger partial charge in [-0.3, -0.25) is 4.79 Å². The highest BCUT2D eigenvalue weighted by Crippen LogP contribution is 2.11. The van der Waals surface area contributed by atoms with Gasteiger partial charge in [0.15, 0.2) is 0 Å². The number of benzene rings is 2. The fourth-order valence-electron chi connectivity index (χ4n) is 1.78. The van der Waals surface area contributed by atoms with Gasteiger partial charge in [-0.25, -0.2) is 8.78 Å². The van der Waals surface area contributed by atoms with Crippen LogP contribution in [0.2, 0.25) is 0 Å². The number of nitrogens with one attached hydrogen (secondary N) is 1. The third-order valence-electron chi connectivity index (χ3n) is 2.80. The predicted octanol–water partition coefficient (Wildman–Crippen LogP) is 2.64. The van der Waals surface area contributed by atoms with E-state index in [0.29, 0.717) is 11.1 Å². The zero-order valence-corrected chi connectivity index (χ0v) is 10.6. The minimum Gasteiger partial charge on any atom is -0.508 e. The van der Waals surface area contributed by atoms with Crippen molar-refractivity contribution in [2.75, 3.05) is 6.54 Å². The van der Waals surface area contributed by atoms with E-state index in [1.165, 1.54) is 24.3 Å². The van der Waals surface area contributed by atoms with Gasteiger partial charge in [0.25, 0.3) is 5.91 Å². The second-order valence-electron chi connectivity index (χ2n) is 4.29. The molecule has 0 saturated carbocycles. The first-order valence-electron chi connectivity index (χ1n) is 6.07. The highest BCUT2D eigenvalue weighted by atomic mass is 19.1. The molecule has 0 aliphatic carbocycles. The van der Waals surface area contributed by atoms with E-state index in [-0.39, 0.29) is 24.6 Å². The quantitative estimate of drug-likeness (QED) is 0.902. The molecule has 0 heterocycles. The topological polar surface area (TPSA) is 49.3 Å². The van der Waals surface area contributed by atoms with Crippen molar-refractivity contribution < 1.29 is 18.7 Å². The molecule has 104 valence electrons. The molecule has 20 heavy (non-hydrogen) atoms. The summed E-state index contributed by atoms with van der Waals surface area (Å²) < 4.78 is 26.1. The third kappa shape index (κ3) is 3.54. The average molecular weight is 277 g/mol. The van der Waals surface area contributed by atoms with Crippen LogP contribution in [0.4, 0.5) is 8.78 Å². The van der Waals surface area contributed by atoms with Crippen LogP contribution in [0.15, 0.2) is 42.5 Å². The summed E-state index contributed by atoms with van der Waals surface area (Å²) >= 11 is 0. The zero-order chi connectivity index (χ0) is 14.5. The van der Waals surface area contributed by atoms with Crippen LogP contribution in [0.1, 0.15) is 15.9 Å². The summed E-state index contributed by atoms with van der Waals surface area (Å²) in [6, 6.07) is 9.27. The number of carbonyl (C=O) groups excluding carboxylic acids is 1. The molecule has 2 aromatic rings. The van der Waals surface area contributed by atoms with E-state index >= 15 is 0 Å². The van der Waals surface area contributed by atoms with Gasteiger partial charge in [-0.05, 0) is 36.2 Å². The Kier molecular flexibility index (Phi) is 4.30. The molecular formula is C15H13F2NO2. The predicted molar refractivity (Wildman–Crippen MR) is 70.5 cm³/mol. The number of aromatic hydroxyl groups is 1. The van der Waals surface area contributed by atoms with Crippen molar-refractivity contribution in [1.29, 1.82) is 0 Å². The molecule has 0 aliphatic heterocycles. The third-order valence-corrected chi connectivity index (χ3v) is 2.80. The lowest BCUT2D eigenvalue weighted by molar-refractivity contribution is 0.0953. The lowest BCUT2D eigenvalue weighted by Crippen LogP contribution is -2.25. The Balaban J connectivity index is 1.91. The van der Waals surface area contributed by atoms with Crippen molar-refractivity contribution in [3.63, 3.8) is 0 Å². The van der Waals surface area contributed by atoms with Gasteiger partial charge in [-0.1, -0.05) is 12.1 Å². The summed E-state index contributed by atoms with van der Waals surface area (Å²) in [5, 5.41) is 11.9. The van der Waals surface area contributed by atoms with Crippen LogP contribution in [-0.2, 0) is 6.42 Å². The van der Waals surface area contributed by atoms with E-state index in [1.54, 1.807) is 12.1 Å². The van der Waals surface area contributed by atoms with Crippen LogP contribution < -0.4 is 5.32 Å². The number of carbonyl (C=O) groups is 1. The maximum absolute atomic E-state index is 13.4. The molecule has 0 radical (unpaired) electrons. The standard InChI is InChI=1S/C15H13F2NO2/c16-12-5-4-10(14(17)9-12)6-7-18-15(20)11-2-1-3-13(19)8-11/h1-5,8-9,19H,6-7H2,(H,18,20). The molecule has 0 saturated heterocycles. The van der Waals surface area contributed by atoms with Gasteiger partial charge in [-0.15, -0.1) is 0 Å². The molecule has 0 unspecified atom stereocenters. The van der Waals surface area contributed by atoms with E-state index < -0.39 is 11.6 Å². The second kappa shape index (κ2) is 6.14. The fraction of sp³-hybridized carbons (Fsp3) is 0.133. The van der Waals surface area contributed by atoms with Crippen molar-refractivity contribution >= 4 is 5.91 Å². The smallest absolute Gasteiger partial charge is 0.251 e. The summed E-state index contributed by atoms with van der Waals surface area (Å²) in [5.41, 5.74) is 0.659.